The molecule has 0 fully saturated rings. The van der Waals surface area contributed by atoms with Gasteiger partial charge in [0.1, 0.15) is 5.75 Å². The van der Waals surface area contributed by atoms with Crippen LogP contribution in [0.1, 0.15) is 35.2 Å². The van der Waals surface area contributed by atoms with Gasteiger partial charge >= 0.3 is 0 Å². The predicted molar refractivity (Wildman–Crippen MR) is 96.8 cm³/mol. The summed E-state index contributed by atoms with van der Waals surface area (Å²) >= 11 is 0. The first kappa shape index (κ1) is 17.7. The fraction of sp³-hybridized carbons (Fsp3) is 0.250. The van der Waals surface area contributed by atoms with Gasteiger partial charge in [0.2, 0.25) is 17.7 Å². The lowest BCUT2D eigenvalue weighted by Gasteiger charge is -2.14. The average Bonchev–Trinajstić information content (AvgIpc) is 3.11. The Morgan fingerprint density at radius 3 is 2.46 bits per heavy atom. The molecule has 1 N–H and O–H groups in total. The molecule has 1 unspecified atom stereocenters. The number of nitrogens with zero attached hydrogens (tertiary/aromatic N) is 2. The third-order valence-corrected chi connectivity index (χ3v) is 4.08. The average molecular weight is 351 g/mol. The van der Waals surface area contributed by atoms with E-state index in [1.165, 1.54) is 0 Å². The largest absolute Gasteiger partial charge is 0.497 e. The molecule has 134 valence electrons. The monoisotopic (exact) mass is 351 g/mol. The van der Waals surface area contributed by atoms with Crippen molar-refractivity contribution in [2.45, 2.75) is 25.8 Å². The van der Waals surface area contributed by atoms with E-state index in [9.17, 15) is 4.79 Å². The Kier molecular flexibility index (Phi) is 5.63. The zero-order chi connectivity index (χ0) is 18.4. The van der Waals surface area contributed by atoms with Gasteiger partial charge < -0.3 is 14.5 Å². The quantitative estimate of drug-likeness (QED) is 0.707. The maximum absolute atomic E-state index is 12.5. The van der Waals surface area contributed by atoms with E-state index in [4.69, 9.17) is 9.15 Å². The number of carbonyl (C=O) groups excluding carboxylic acids is 1. The van der Waals surface area contributed by atoms with Crippen molar-refractivity contribution >= 4 is 5.91 Å². The Balaban J connectivity index is 1.67. The molecule has 0 aliphatic heterocycles. The first-order valence-electron chi connectivity index (χ1n) is 8.40. The van der Waals surface area contributed by atoms with Crippen molar-refractivity contribution in [1.82, 2.24) is 15.5 Å². The predicted octanol–water partition coefficient (Wildman–Crippen LogP) is 3.23. The van der Waals surface area contributed by atoms with Crippen molar-refractivity contribution in [1.29, 1.82) is 0 Å². The Hall–Kier alpha value is -3.15. The zero-order valence-electron chi connectivity index (χ0n) is 14.8. The molecule has 6 nitrogen and oxygen atoms in total. The summed E-state index contributed by atoms with van der Waals surface area (Å²) in [6.45, 7) is 2.19. The van der Waals surface area contributed by atoms with Crippen LogP contribution < -0.4 is 10.1 Å². The summed E-state index contributed by atoms with van der Waals surface area (Å²) in [7, 11) is 1.62. The Bertz CT molecular complexity index is 844. The number of rotatable bonds is 7. The summed E-state index contributed by atoms with van der Waals surface area (Å²) in [6, 6.07) is 17.3. The molecule has 26 heavy (non-hydrogen) atoms. The Labute approximate surface area is 152 Å². The molecule has 0 radical (unpaired) electrons. The first-order valence-corrected chi connectivity index (χ1v) is 8.40. The number of benzene rings is 2. The van der Waals surface area contributed by atoms with Crippen LogP contribution in [0.25, 0.3) is 0 Å². The van der Waals surface area contributed by atoms with Crippen LogP contribution in [0.4, 0.5) is 0 Å². The van der Waals surface area contributed by atoms with Gasteiger partial charge in [-0.3, -0.25) is 4.79 Å². The second-order valence-corrected chi connectivity index (χ2v) is 5.95. The molecule has 6 heteroatoms. The third-order valence-electron chi connectivity index (χ3n) is 4.08. The van der Waals surface area contributed by atoms with E-state index in [-0.39, 0.29) is 18.2 Å². The van der Waals surface area contributed by atoms with Gasteiger partial charge in [-0.05, 0) is 23.3 Å². The van der Waals surface area contributed by atoms with Gasteiger partial charge in [0, 0.05) is 19.9 Å². The highest BCUT2D eigenvalue weighted by atomic mass is 16.5. The van der Waals surface area contributed by atoms with E-state index in [1.54, 1.807) is 14.0 Å². The standard InChI is InChI=1S/C20H21N3O3/c1-14-22-23-20(26-14)18(16-6-4-3-5-7-16)12-19(24)21-13-15-8-10-17(25-2)11-9-15/h3-11,18H,12-13H2,1-2H3,(H,21,24). The number of hydrogen-bond acceptors (Lipinski definition) is 5. The molecule has 2 aromatic carbocycles. The van der Waals surface area contributed by atoms with E-state index < -0.39 is 0 Å². The number of hydrogen-bond donors (Lipinski definition) is 1. The maximum atomic E-state index is 12.5. The molecule has 1 atom stereocenters. The fourth-order valence-electron chi connectivity index (χ4n) is 2.69. The highest BCUT2D eigenvalue weighted by Gasteiger charge is 2.23. The van der Waals surface area contributed by atoms with Crippen molar-refractivity contribution in [2.24, 2.45) is 0 Å². The van der Waals surface area contributed by atoms with Crippen molar-refractivity contribution in [2.75, 3.05) is 7.11 Å². The van der Waals surface area contributed by atoms with Crippen molar-refractivity contribution in [3.05, 3.63) is 77.5 Å². The molecular weight excluding hydrogens is 330 g/mol. The van der Waals surface area contributed by atoms with Crippen LogP contribution >= 0.6 is 0 Å². The fourth-order valence-corrected chi connectivity index (χ4v) is 2.69. The minimum absolute atomic E-state index is 0.0782. The van der Waals surface area contributed by atoms with E-state index in [1.807, 2.05) is 54.6 Å². The summed E-state index contributed by atoms with van der Waals surface area (Å²) in [5.41, 5.74) is 1.97. The van der Waals surface area contributed by atoms with Crippen LogP contribution in [-0.2, 0) is 11.3 Å². The molecule has 0 spiro atoms. The van der Waals surface area contributed by atoms with Crippen LogP contribution in [0.5, 0.6) is 5.75 Å². The normalized spacial score (nSPS) is 11.8. The number of methoxy groups -OCH3 is 1. The molecule has 0 saturated heterocycles. The van der Waals surface area contributed by atoms with E-state index in [0.29, 0.717) is 18.3 Å². The lowest BCUT2D eigenvalue weighted by molar-refractivity contribution is -0.121. The van der Waals surface area contributed by atoms with E-state index in [0.717, 1.165) is 16.9 Å². The van der Waals surface area contributed by atoms with Crippen LogP contribution in [0.3, 0.4) is 0 Å². The van der Waals surface area contributed by atoms with Crippen LogP contribution in [0.15, 0.2) is 59.0 Å². The molecular formula is C20H21N3O3. The molecule has 1 heterocycles. The summed E-state index contributed by atoms with van der Waals surface area (Å²) in [4.78, 5) is 12.5. The van der Waals surface area contributed by atoms with Gasteiger partial charge in [0.25, 0.3) is 0 Å². The molecule has 3 rings (SSSR count). The lowest BCUT2D eigenvalue weighted by Crippen LogP contribution is -2.25. The van der Waals surface area contributed by atoms with E-state index >= 15 is 0 Å². The first-order chi connectivity index (χ1) is 12.7. The highest BCUT2D eigenvalue weighted by molar-refractivity contribution is 5.77. The Morgan fingerprint density at radius 1 is 1.12 bits per heavy atom. The molecule has 0 bridgehead atoms. The summed E-state index contributed by atoms with van der Waals surface area (Å²) in [6.07, 6.45) is 0.238. The van der Waals surface area contributed by atoms with Crippen LogP contribution in [-0.4, -0.2) is 23.2 Å². The number of aryl methyl sites for hydroxylation is 1. The van der Waals surface area contributed by atoms with Crippen molar-refractivity contribution < 1.29 is 13.9 Å². The smallest absolute Gasteiger partial charge is 0.224 e. The van der Waals surface area contributed by atoms with Gasteiger partial charge in [-0.25, -0.2) is 0 Å². The third kappa shape index (κ3) is 4.47. The topological polar surface area (TPSA) is 77.2 Å². The number of ether oxygens (including phenoxy) is 1. The van der Waals surface area contributed by atoms with Gasteiger partial charge in [0.05, 0.1) is 13.0 Å². The molecule has 0 aliphatic rings. The molecule has 3 aromatic rings. The minimum atomic E-state index is -0.270. The van der Waals surface area contributed by atoms with Gasteiger partial charge in [0.15, 0.2) is 0 Å². The summed E-state index contributed by atoms with van der Waals surface area (Å²) < 4.78 is 10.7. The second-order valence-electron chi connectivity index (χ2n) is 5.95. The second kappa shape index (κ2) is 8.29. The van der Waals surface area contributed by atoms with Gasteiger partial charge in [-0.2, -0.15) is 0 Å². The molecule has 0 aliphatic carbocycles. The number of aromatic nitrogens is 2. The number of nitrogens with one attached hydrogen (secondary N) is 1. The maximum Gasteiger partial charge on any atom is 0.224 e. The number of carbonyl (C=O) groups is 1. The van der Waals surface area contributed by atoms with E-state index in [2.05, 4.69) is 15.5 Å². The SMILES string of the molecule is COc1ccc(CNC(=O)CC(c2ccccc2)c2nnc(C)o2)cc1. The lowest BCUT2D eigenvalue weighted by atomic mass is 9.95. The Morgan fingerprint density at radius 2 is 1.85 bits per heavy atom. The van der Waals surface area contributed by atoms with Gasteiger partial charge in [-0.15, -0.1) is 10.2 Å². The summed E-state index contributed by atoms with van der Waals surface area (Å²) in [5, 5.41) is 10.9. The molecule has 1 amide bonds. The number of amides is 1. The van der Waals surface area contributed by atoms with Crippen molar-refractivity contribution in [3.8, 4) is 5.75 Å². The zero-order valence-corrected chi connectivity index (χ0v) is 14.8. The highest BCUT2D eigenvalue weighted by Crippen LogP contribution is 2.27. The summed E-state index contributed by atoms with van der Waals surface area (Å²) in [5.74, 6) is 1.38. The van der Waals surface area contributed by atoms with Crippen LogP contribution in [0, 0.1) is 6.92 Å². The molecule has 1 aromatic heterocycles. The van der Waals surface area contributed by atoms with Crippen molar-refractivity contribution in [3.63, 3.8) is 0 Å². The molecule has 0 saturated carbocycles. The van der Waals surface area contributed by atoms with Gasteiger partial charge in [-0.1, -0.05) is 42.5 Å². The minimum Gasteiger partial charge on any atom is -0.497 e. The van der Waals surface area contributed by atoms with Crippen LogP contribution in [0.2, 0.25) is 0 Å².